The third-order valence-electron chi connectivity index (χ3n) is 4.24. The Morgan fingerprint density at radius 1 is 1.18 bits per heavy atom. The lowest BCUT2D eigenvalue weighted by Gasteiger charge is -2.20. The van der Waals surface area contributed by atoms with E-state index >= 15 is 0 Å². The van der Waals surface area contributed by atoms with Gasteiger partial charge in [0.2, 0.25) is 0 Å². The van der Waals surface area contributed by atoms with Gasteiger partial charge in [0.1, 0.15) is 5.82 Å². The molecule has 2 N–H and O–H groups in total. The van der Waals surface area contributed by atoms with Gasteiger partial charge in [-0.05, 0) is 54.7 Å². The van der Waals surface area contributed by atoms with E-state index in [0.717, 1.165) is 24.3 Å². The van der Waals surface area contributed by atoms with Crippen LogP contribution in [0, 0.1) is 5.82 Å². The van der Waals surface area contributed by atoms with E-state index in [1.54, 1.807) is 12.1 Å². The van der Waals surface area contributed by atoms with Gasteiger partial charge in [0, 0.05) is 17.1 Å². The maximum absolute atomic E-state index is 13.3. The Morgan fingerprint density at radius 3 is 2.68 bits per heavy atom. The molecule has 0 bridgehead atoms. The largest absolute Gasteiger partial charge is 0.387 e. The van der Waals surface area contributed by atoms with Gasteiger partial charge in [-0.2, -0.15) is 0 Å². The lowest BCUT2D eigenvalue weighted by molar-refractivity contribution is 0.135. The molecular formula is C18H19ClFNO. The van der Waals surface area contributed by atoms with Crippen molar-refractivity contribution in [2.24, 2.45) is 0 Å². The van der Waals surface area contributed by atoms with Gasteiger partial charge < -0.3 is 10.4 Å². The molecule has 1 saturated heterocycles. The molecule has 0 spiro atoms. The summed E-state index contributed by atoms with van der Waals surface area (Å²) in [7, 11) is 0. The van der Waals surface area contributed by atoms with Crippen molar-refractivity contribution in [1.82, 2.24) is 5.32 Å². The van der Waals surface area contributed by atoms with Gasteiger partial charge in [-0.3, -0.25) is 0 Å². The van der Waals surface area contributed by atoms with E-state index < -0.39 is 6.10 Å². The Kier molecular flexibility index (Phi) is 4.77. The molecule has 1 heterocycles. The molecule has 3 atom stereocenters. The molecule has 0 aromatic heterocycles. The highest BCUT2D eigenvalue weighted by Gasteiger charge is 2.30. The molecule has 1 aliphatic rings. The highest BCUT2D eigenvalue weighted by Crippen LogP contribution is 2.27. The maximum atomic E-state index is 13.3. The third-order valence-corrected chi connectivity index (χ3v) is 4.49. The smallest absolute Gasteiger partial charge is 0.123 e. The molecule has 22 heavy (non-hydrogen) atoms. The normalized spacial score (nSPS) is 22.7. The molecule has 2 nitrogen and oxygen atoms in total. The predicted octanol–water partition coefficient (Wildman–Crippen LogP) is 3.88. The van der Waals surface area contributed by atoms with Crippen LogP contribution >= 0.6 is 11.6 Å². The zero-order valence-corrected chi connectivity index (χ0v) is 12.9. The van der Waals surface area contributed by atoms with Crippen LogP contribution in [0.2, 0.25) is 5.02 Å². The molecule has 0 saturated carbocycles. The minimum absolute atomic E-state index is 0.0286. The summed E-state index contributed by atoms with van der Waals surface area (Å²) in [5, 5.41) is 14.6. The molecule has 0 radical (unpaired) electrons. The number of rotatable bonds is 4. The summed E-state index contributed by atoms with van der Waals surface area (Å²) in [5.41, 5.74) is 1.85. The number of hydrogen-bond acceptors (Lipinski definition) is 2. The van der Waals surface area contributed by atoms with E-state index in [2.05, 4.69) is 5.32 Å². The number of hydrogen-bond donors (Lipinski definition) is 2. The summed E-state index contributed by atoms with van der Waals surface area (Å²) in [4.78, 5) is 0. The van der Waals surface area contributed by atoms with Crippen LogP contribution in [0.4, 0.5) is 4.39 Å². The van der Waals surface area contributed by atoms with E-state index in [-0.39, 0.29) is 11.9 Å². The zero-order valence-electron chi connectivity index (χ0n) is 12.2. The molecule has 4 heteroatoms. The topological polar surface area (TPSA) is 32.3 Å². The monoisotopic (exact) mass is 319 g/mol. The molecule has 116 valence electrons. The van der Waals surface area contributed by atoms with Crippen molar-refractivity contribution in [2.45, 2.75) is 37.5 Å². The van der Waals surface area contributed by atoms with Crippen molar-refractivity contribution in [2.75, 3.05) is 0 Å². The fourth-order valence-corrected chi connectivity index (χ4v) is 3.21. The molecule has 3 rings (SSSR count). The Hall–Kier alpha value is -1.42. The second-order valence-electron chi connectivity index (χ2n) is 5.88. The first-order valence-electron chi connectivity index (χ1n) is 7.56. The van der Waals surface area contributed by atoms with E-state index in [1.165, 1.54) is 17.7 Å². The van der Waals surface area contributed by atoms with Crippen LogP contribution in [0.25, 0.3) is 0 Å². The van der Waals surface area contributed by atoms with Gasteiger partial charge in [-0.15, -0.1) is 0 Å². The molecule has 0 amide bonds. The van der Waals surface area contributed by atoms with Gasteiger partial charge in [0.05, 0.1) is 6.10 Å². The summed E-state index contributed by atoms with van der Waals surface area (Å²) in [5.74, 6) is -0.313. The quantitative estimate of drug-likeness (QED) is 0.896. The first-order chi connectivity index (χ1) is 10.6. The average molecular weight is 320 g/mol. The van der Waals surface area contributed by atoms with Crippen LogP contribution in [0.3, 0.4) is 0 Å². The van der Waals surface area contributed by atoms with E-state index in [0.29, 0.717) is 11.6 Å². The van der Waals surface area contributed by atoms with E-state index in [1.807, 2.05) is 24.3 Å². The minimum atomic E-state index is -0.675. The van der Waals surface area contributed by atoms with Crippen LogP contribution in [-0.4, -0.2) is 17.2 Å². The molecule has 0 unspecified atom stereocenters. The van der Waals surface area contributed by atoms with Crippen LogP contribution in [0.1, 0.15) is 30.1 Å². The summed E-state index contributed by atoms with van der Waals surface area (Å²) in [6.07, 6.45) is 2.12. The van der Waals surface area contributed by atoms with Crippen molar-refractivity contribution in [3.8, 4) is 0 Å². The number of nitrogens with one attached hydrogen (secondary N) is 1. The molecule has 1 fully saturated rings. The Balaban J connectivity index is 1.61. The maximum Gasteiger partial charge on any atom is 0.123 e. The van der Waals surface area contributed by atoms with Gasteiger partial charge >= 0.3 is 0 Å². The fourth-order valence-electron chi connectivity index (χ4n) is 3.09. The Bertz CT molecular complexity index is 631. The molecule has 2 aromatic rings. The minimum Gasteiger partial charge on any atom is -0.387 e. The summed E-state index contributed by atoms with van der Waals surface area (Å²) < 4.78 is 13.3. The van der Waals surface area contributed by atoms with Gasteiger partial charge in [-0.1, -0.05) is 35.9 Å². The van der Waals surface area contributed by atoms with Crippen molar-refractivity contribution in [3.63, 3.8) is 0 Å². The number of aliphatic hydroxyl groups excluding tert-OH is 1. The summed E-state index contributed by atoms with van der Waals surface area (Å²) in [6, 6.07) is 14.3. The van der Waals surface area contributed by atoms with Crippen molar-refractivity contribution < 1.29 is 9.50 Å². The highest BCUT2D eigenvalue weighted by atomic mass is 35.5. The summed E-state index contributed by atoms with van der Waals surface area (Å²) >= 11 is 5.89. The van der Waals surface area contributed by atoms with Gasteiger partial charge in [0.15, 0.2) is 0 Å². The zero-order chi connectivity index (χ0) is 15.5. The third kappa shape index (κ3) is 3.67. The van der Waals surface area contributed by atoms with Crippen LogP contribution in [0.5, 0.6) is 0 Å². The lowest BCUT2D eigenvalue weighted by Crippen LogP contribution is -2.35. The molecule has 2 aromatic carbocycles. The van der Waals surface area contributed by atoms with Crippen molar-refractivity contribution >= 4 is 11.6 Å². The van der Waals surface area contributed by atoms with Crippen LogP contribution < -0.4 is 5.32 Å². The molecule has 0 aliphatic carbocycles. The van der Waals surface area contributed by atoms with Crippen molar-refractivity contribution in [1.29, 1.82) is 0 Å². The first kappa shape index (κ1) is 15.5. The first-order valence-corrected chi connectivity index (χ1v) is 7.93. The van der Waals surface area contributed by atoms with Crippen LogP contribution in [0.15, 0.2) is 48.5 Å². The average Bonchev–Trinajstić information content (AvgIpc) is 2.97. The van der Waals surface area contributed by atoms with E-state index in [4.69, 9.17) is 11.6 Å². The number of benzene rings is 2. The standard InChI is InChI=1S/C18H19ClFNO/c19-14-6-4-12(5-7-14)10-16-8-9-17(21-16)18(22)13-2-1-3-15(20)11-13/h1-7,11,16-18,21-22H,8-10H2/t16-,17-,18+/m1/s1. The number of halogens is 2. The second kappa shape index (κ2) is 6.78. The highest BCUT2D eigenvalue weighted by molar-refractivity contribution is 6.30. The fraction of sp³-hybridized carbons (Fsp3) is 0.333. The Labute approximate surface area is 134 Å². The van der Waals surface area contributed by atoms with Gasteiger partial charge in [0.25, 0.3) is 0 Å². The van der Waals surface area contributed by atoms with Crippen LogP contribution in [-0.2, 0) is 6.42 Å². The predicted molar refractivity (Wildman–Crippen MR) is 86.5 cm³/mol. The summed E-state index contributed by atoms with van der Waals surface area (Å²) in [6.45, 7) is 0. The molecular weight excluding hydrogens is 301 g/mol. The van der Waals surface area contributed by atoms with Gasteiger partial charge in [-0.25, -0.2) is 4.39 Å². The second-order valence-corrected chi connectivity index (χ2v) is 6.31. The number of aliphatic hydroxyl groups is 1. The molecule has 1 aliphatic heterocycles. The Morgan fingerprint density at radius 2 is 1.95 bits per heavy atom. The lowest BCUT2D eigenvalue weighted by atomic mass is 10.0. The SMILES string of the molecule is O[C@@H](c1cccc(F)c1)[C@H]1CC[C@H](Cc2ccc(Cl)cc2)N1. The van der Waals surface area contributed by atoms with E-state index in [9.17, 15) is 9.50 Å². The van der Waals surface area contributed by atoms with Crippen molar-refractivity contribution in [3.05, 3.63) is 70.5 Å².